The van der Waals surface area contributed by atoms with E-state index in [2.05, 4.69) is 18.9 Å². The maximum Gasteiger partial charge on any atom is 0.122 e. The molecule has 0 radical (unpaired) electrons. The predicted molar refractivity (Wildman–Crippen MR) is 67.9 cm³/mol. The molecule has 0 aromatic heterocycles. The van der Waals surface area contributed by atoms with Gasteiger partial charge in [0.15, 0.2) is 0 Å². The highest BCUT2D eigenvalue weighted by atomic mass is 16.5. The van der Waals surface area contributed by atoms with Gasteiger partial charge in [0.2, 0.25) is 0 Å². The molecule has 0 aliphatic rings. The molecule has 0 atom stereocenters. The van der Waals surface area contributed by atoms with Gasteiger partial charge in [0, 0.05) is 0 Å². The maximum atomic E-state index is 5.73. The molecule has 0 unspecified atom stereocenters. The van der Waals surface area contributed by atoms with Crippen molar-refractivity contribution in [2.45, 2.75) is 27.2 Å². The third-order valence-electron chi connectivity index (χ3n) is 2.39. The molecule has 16 heavy (non-hydrogen) atoms. The molecule has 88 valence electrons. The molecule has 1 rings (SSSR count). The van der Waals surface area contributed by atoms with E-state index >= 15 is 0 Å². The number of hydrogen-bond donors (Lipinski definition) is 1. The van der Waals surface area contributed by atoms with Crippen molar-refractivity contribution in [1.82, 2.24) is 0 Å². The molecule has 0 spiro atoms. The first-order valence-corrected chi connectivity index (χ1v) is 5.60. The second-order valence-corrected chi connectivity index (χ2v) is 4.33. The minimum absolute atomic E-state index is 0.661. The van der Waals surface area contributed by atoms with E-state index < -0.39 is 0 Å². The minimum Gasteiger partial charge on any atom is -0.493 e. The Balaban J connectivity index is 2.66. The van der Waals surface area contributed by atoms with Gasteiger partial charge in [0.25, 0.3) is 0 Å². The molecule has 3 nitrogen and oxygen atoms in total. The van der Waals surface area contributed by atoms with E-state index in [4.69, 9.17) is 10.6 Å². The van der Waals surface area contributed by atoms with Gasteiger partial charge in [-0.25, -0.2) is 0 Å². The van der Waals surface area contributed by atoms with Crippen LogP contribution in [0.1, 0.15) is 31.4 Å². The normalized spacial score (nSPS) is 11.2. The third-order valence-corrected chi connectivity index (χ3v) is 2.39. The van der Waals surface area contributed by atoms with Crippen LogP contribution in [0.4, 0.5) is 0 Å². The molecule has 3 heteroatoms. The summed E-state index contributed by atoms with van der Waals surface area (Å²) in [5.41, 5.74) is 2.10. The molecule has 0 amide bonds. The fourth-order valence-corrected chi connectivity index (χ4v) is 1.34. The summed E-state index contributed by atoms with van der Waals surface area (Å²) < 4.78 is 5.73. The average Bonchev–Trinajstić information content (AvgIpc) is 2.22. The molecular weight excluding hydrogens is 200 g/mol. The Morgan fingerprint density at radius 3 is 2.81 bits per heavy atom. The van der Waals surface area contributed by atoms with Crippen LogP contribution < -0.4 is 10.6 Å². The van der Waals surface area contributed by atoms with Crippen molar-refractivity contribution in [3.05, 3.63) is 29.3 Å². The van der Waals surface area contributed by atoms with Crippen LogP contribution in [-0.4, -0.2) is 12.8 Å². The molecule has 1 aromatic carbocycles. The Kier molecular flexibility index (Phi) is 4.83. The number of nitrogens with two attached hydrogens (primary N) is 1. The van der Waals surface area contributed by atoms with Gasteiger partial charge < -0.3 is 10.6 Å². The van der Waals surface area contributed by atoms with E-state index in [0.717, 1.165) is 29.9 Å². The summed E-state index contributed by atoms with van der Waals surface area (Å²) in [6.45, 7) is 7.16. The van der Waals surface area contributed by atoms with Crippen LogP contribution >= 0.6 is 0 Å². The smallest absolute Gasteiger partial charge is 0.122 e. The lowest BCUT2D eigenvalue weighted by Gasteiger charge is -2.11. The summed E-state index contributed by atoms with van der Waals surface area (Å²) in [4.78, 5) is 0. The van der Waals surface area contributed by atoms with Gasteiger partial charge in [0.05, 0.1) is 12.8 Å². The van der Waals surface area contributed by atoms with Gasteiger partial charge in [-0.2, -0.15) is 5.10 Å². The first-order chi connectivity index (χ1) is 7.63. The van der Waals surface area contributed by atoms with Crippen LogP contribution in [0.3, 0.4) is 0 Å². The Bertz CT molecular complexity index is 359. The Morgan fingerprint density at radius 2 is 2.19 bits per heavy atom. The quantitative estimate of drug-likeness (QED) is 0.471. The van der Waals surface area contributed by atoms with Crippen LogP contribution in [-0.2, 0) is 0 Å². The lowest BCUT2D eigenvalue weighted by Crippen LogP contribution is -2.03. The summed E-state index contributed by atoms with van der Waals surface area (Å²) >= 11 is 0. The Labute approximate surface area is 97.3 Å². The topological polar surface area (TPSA) is 47.6 Å². The standard InChI is InChI=1S/C13H20N2O/c1-10(2)6-7-16-13-8-12(9-15-14)5-4-11(13)3/h4-5,8-10H,6-7,14H2,1-3H3. The predicted octanol–water partition coefficient (Wildman–Crippen LogP) is 2.71. The lowest BCUT2D eigenvalue weighted by molar-refractivity contribution is 0.288. The zero-order chi connectivity index (χ0) is 12.0. The number of nitrogens with zero attached hydrogens (tertiary/aromatic N) is 1. The van der Waals surface area contributed by atoms with Gasteiger partial charge in [-0.15, -0.1) is 0 Å². The number of aryl methyl sites for hydroxylation is 1. The molecule has 2 N–H and O–H groups in total. The van der Waals surface area contributed by atoms with Crippen molar-refractivity contribution < 1.29 is 4.74 Å². The van der Waals surface area contributed by atoms with Gasteiger partial charge in [0.1, 0.15) is 5.75 Å². The van der Waals surface area contributed by atoms with Crippen LogP contribution in [0.25, 0.3) is 0 Å². The minimum atomic E-state index is 0.661. The molecule has 0 heterocycles. The summed E-state index contributed by atoms with van der Waals surface area (Å²) in [6.07, 6.45) is 2.68. The second-order valence-electron chi connectivity index (χ2n) is 4.33. The van der Waals surface area contributed by atoms with Gasteiger partial charge >= 0.3 is 0 Å². The van der Waals surface area contributed by atoms with Gasteiger partial charge in [-0.05, 0) is 36.5 Å². The highest BCUT2D eigenvalue weighted by Crippen LogP contribution is 2.19. The fourth-order valence-electron chi connectivity index (χ4n) is 1.34. The van der Waals surface area contributed by atoms with Gasteiger partial charge in [-0.3, -0.25) is 0 Å². The molecule has 0 bridgehead atoms. The highest BCUT2D eigenvalue weighted by Gasteiger charge is 2.01. The number of benzene rings is 1. The van der Waals surface area contributed by atoms with E-state index in [1.807, 2.05) is 25.1 Å². The molecule has 0 fully saturated rings. The first-order valence-electron chi connectivity index (χ1n) is 5.60. The summed E-state index contributed by atoms with van der Waals surface area (Å²) in [5.74, 6) is 6.69. The summed E-state index contributed by atoms with van der Waals surface area (Å²) in [7, 11) is 0. The number of rotatable bonds is 5. The Hall–Kier alpha value is -1.51. The molecule has 0 saturated carbocycles. The summed E-state index contributed by atoms with van der Waals surface area (Å²) in [5, 5.41) is 3.50. The van der Waals surface area contributed by atoms with E-state index in [0.29, 0.717) is 5.92 Å². The summed E-state index contributed by atoms with van der Waals surface area (Å²) in [6, 6.07) is 5.95. The second kappa shape index (κ2) is 6.16. The van der Waals surface area contributed by atoms with Crippen molar-refractivity contribution in [3.63, 3.8) is 0 Å². The van der Waals surface area contributed by atoms with E-state index in [1.165, 1.54) is 0 Å². The molecule has 1 aromatic rings. The largest absolute Gasteiger partial charge is 0.493 e. The monoisotopic (exact) mass is 220 g/mol. The van der Waals surface area contributed by atoms with Crippen molar-refractivity contribution in [1.29, 1.82) is 0 Å². The zero-order valence-electron chi connectivity index (χ0n) is 10.2. The van der Waals surface area contributed by atoms with Crippen LogP contribution in [0.2, 0.25) is 0 Å². The van der Waals surface area contributed by atoms with E-state index in [-0.39, 0.29) is 0 Å². The van der Waals surface area contributed by atoms with Crippen LogP contribution in [0.5, 0.6) is 5.75 Å². The van der Waals surface area contributed by atoms with Crippen LogP contribution in [0.15, 0.2) is 23.3 Å². The van der Waals surface area contributed by atoms with Crippen molar-refractivity contribution >= 4 is 6.21 Å². The highest BCUT2D eigenvalue weighted by molar-refractivity contribution is 5.80. The maximum absolute atomic E-state index is 5.73. The zero-order valence-corrected chi connectivity index (χ0v) is 10.2. The van der Waals surface area contributed by atoms with Crippen molar-refractivity contribution in [3.8, 4) is 5.75 Å². The van der Waals surface area contributed by atoms with E-state index in [9.17, 15) is 0 Å². The lowest BCUT2D eigenvalue weighted by atomic mass is 10.1. The fraction of sp³-hybridized carbons (Fsp3) is 0.462. The first kappa shape index (κ1) is 12.6. The Morgan fingerprint density at radius 1 is 1.44 bits per heavy atom. The molecule has 0 aliphatic heterocycles. The molecule has 0 aliphatic carbocycles. The third kappa shape index (κ3) is 3.93. The molecule has 0 saturated heterocycles. The van der Waals surface area contributed by atoms with Gasteiger partial charge in [-0.1, -0.05) is 26.0 Å². The van der Waals surface area contributed by atoms with Crippen molar-refractivity contribution in [2.75, 3.05) is 6.61 Å². The number of hydrogen-bond acceptors (Lipinski definition) is 3. The average molecular weight is 220 g/mol. The SMILES string of the molecule is Cc1ccc(C=NN)cc1OCCC(C)C. The number of hydrazone groups is 1. The number of ether oxygens (including phenoxy) is 1. The van der Waals surface area contributed by atoms with E-state index in [1.54, 1.807) is 6.21 Å². The molecular formula is C13H20N2O. The van der Waals surface area contributed by atoms with Crippen LogP contribution in [0, 0.1) is 12.8 Å². The van der Waals surface area contributed by atoms with Crippen molar-refractivity contribution in [2.24, 2.45) is 16.9 Å².